The first-order valence-electron chi connectivity index (χ1n) is 7.85. The first-order chi connectivity index (χ1) is 12.9. The van der Waals surface area contributed by atoms with Crippen LogP contribution in [0.15, 0.2) is 22.3 Å². The van der Waals surface area contributed by atoms with Gasteiger partial charge >= 0.3 is 12.0 Å². The maximum atomic E-state index is 12.4. The summed E-state index contributed by atoms with van der Waals surface area (Å²) in [5.74, 6) is 1.91. The third kappa shape index (κ3) is 4.80. The summed E-state index contributed by atoms with van der Waals surface area (Å²) in [7, 11) is 1.17. The highest BCUT2D eigenvalue weighted by Crippen LogP contribution is 2.37. The van der Waals surface area contributed by atoms with Crippen molar-refractivity contribution in [1.29, 1.82) is 0 Å². The van der Waals surface area contributed by atoms with Gasteiger partial charge in [0.05, 0.1) is 18.2 Å². The molecule has 9 heteroatoms. The monoisotopic (exact) mass is 436 g/mol. The lowest BCUT2D eigenvalue weighted by Crippen LogP contribution is -2.36. The Morgan fingerprint density at radius 3 is 2.74 bits per heavy atom. The molecule has 1 aromatic rings. The van der Waals surface area contributed by atoms with Crippen molar-refractivity contribution in [3.63, 3.8) is 0 Å². The van der Waals surface area contributed by atoms with Gasteiger partial charge < -0.3 is 19.5 Å². The number of hydrogen-bond acceptors (Lipinski definition) is 6. The normalized spacial score (nSPS) is 14.7. The molecule has 0 bridgehead atoms. The molecule has 142 valence electrons. The molecular weight excluding hydrogens is 420 g/mol. The van der Waals surface area contributed by atoms with Crippen LogP contribution in [-0.4, -0.2) is 49.7 Å². The Morgan fingerprint density at radius 1 is 1.37 bits per heavy atom. The van der Waals surface area contributed by atoms with Crippen LogP contribution in [0.5, 0.6) is 11.5 Å². The second-order valence-corrected chi connectivity index (χ2v) is 6.07. The molecule has 1 fully saturated rings. The highest BCUT2D eigenvalue weighted by atomic mass is 79.9. The van der Waals surface area contributed by atoms with E-state index in [4.69, 9.17) is 15.9 Å². The molecule has 1 aromatic carbocycles. The van der Waals surface area contributed by atoms with Crippen molar-refractivity contribution in [1.82, 2.24) is 10.2 Å². The summed E-state index contributed by atoms with van der Waals surface area (Å²) in [6, 6.07) is 2.63. The standard InChI is InChI=1S/C18H17BrN2O6/c1-4-6-27-16-12(19)7-11(9-14(16)26-5-2)8-13-17(23)21(18(24)20-13)10-15(22)25-3/h1,7-9H,5-6,10H2,2-3H3,(H,20,24)/b13-8+. The van der Waals surface area contributed by atoms with Crippen LogP contribution >= 0.6 is 15.9 Å². The van der Waals surface area contributed by atoms with E-state index >= 15 is 0 Å². The number of urea groups is 1. The number of nitrogens with zero attached hydrogens (tertiary/aromatic N) is 1. The summed E-state index contributed by atoms with van der Waals surface area (Å²) < 4.78 is 16.1. The summed E-state index contributed by atoms with van der Waals surface area (Å²) in [4.78, 5) is 36.4. The van der Waals surface area contributed by atoms with Crippen LogP contribution in [0.1, 0.15) is 12.5 Å². The van der Waals surface area contributed by atoms with Gasteiger partial charge in [-0.05, 0) is 46.6 Å². The first kappa shape index (κ1) is 20.3. The lowest BCUT2D eigenvalue weighted by molar-refractivity contribution is -0.143. The molecule has 1 saturated heterocycles. The molecule has 8 nitrogen and oxygen atoms in total. The molecule has 3 amide bonds. The molecule has 0 aromatic heterocycles. The van der Waals surface area contributed by atoms with E-state index in [0.29, 0.717) is 28.1 Å². The lowest BCUT2D eigenvalue weighted by atomic mass is 10.1. The van der Waals surface area contributed by atoms with E-state index in [1.54, 1.807) is 12.1 Å². The number of halogens is 1. The van der Waals surface area contributed by atoms with Gasteiger partial charge in [-0.2, -0.15) is 0 Å². The van der Waals surface area contributed by atoms with Crippen LogP contribution in [0.4, 0.5) is 4.79 Å². The molecule has 1 aliphatic rings. The fraction of sp³-hybridized carbons (Fsp3) is 0.278. The van der Waals surface area contributed by atoms with Crippen molar-refractivity contribution in [3.8, 4) is 23.8 Å². The SMILES string of the molecule is C#CCOc1c(Br)cc(/C=C2/NC(=O)N(CC(=O)OC)C2=O)cc1OCC. The van der Waals surface area contributed by atoms with Crippen molar-refractivity contribution in [2.24, 2.45) is 0 Å². The smallest absolute Gasteiger partial charge is 0.329 e. The van der Waals surface area contributed by atoms with Crippen LogP contribution < -0.4 is 14.8 Å². The van der Waals surface area contributed by atoms with Gasteiger partial charge in [-0.15, -0.1) is 6.42 Å². The highest BCUT2D eigenvalue weighted by molar-refractivity contribution is 9.10. The minimum atomic E-state index is -0.699. The Bertz CT molecular complexity index is 843. The van der Waals surface area contributed by atoms with Gasteiger partial charge in [0.25, 0.3) is 5.91 Å². The number of ether oxygens (including phenoxy) is 3. The number of rotatable bonds is 7. The third-order valence-electron chi connectivity index (χ3n) is 3.42. The number of esters is 1. The van der Waals surface area contributed by atoms with Gasteiger partial charge in [-0.25, -0.2) is 9.69 Å². The van der Waals surface area contributed by atoms with E-state index in [1.165, 1.54) is 13.2 Å². The van der Waals surface area contributed by atoms with E-state index in [9.17, 15) is 14.4 Å². The van der Waals surface area contributed by atoms with Gasteiger partial charge in [-0.3, -0.25) is 9.59 Å². The van der Waals surface area contributed by atoms with Gasteiger partial charge in [0.1, 0.15) is 18.8 Å². The second kappa shape index (κ2) is 9.09. The molecule has 0 spiro atoms. The zero-order valence-corrected chi connectivity index (χ0v) is 16.3. The number of imide groups is 1. The number of methoxy groups -OCH3 is 1. The van der Waals surface area contributed by atoms with E-state index in [2.05, 4.69) is 31.9 Å². The number of carbonyl (C=O) groups excluding carboxylic acids is 3. The summed E-state index contributed by atoms with van der Waals surface area (Å²) in [5, 5.41) is 2.43. The first-order valence-corrected chi connectivity index (χ1v) is 8.64. The van der Waals surface area contributed by atoms with Crippen molar-refractivity contribution >= 4 is 39.9 Å². The number of terminal acetylenes is 1. The van der Waals surface area contributed by atoms with Crippen molar-refractivity contribution < 1.29 is 28.6 Å². The number of benzene rings is 1. The van der Waals surface area contributed by atoms with Crippen molar-refractivity contribution in [2.45, 2.75) is 6.92 Å². The molecule has 0 aliphatic carbocycles. The van der Waals surface area contributed by atoms with Gasteiger partial charge in [0.2, 0.25) is 0 Å². The molecule has 2 rings (SSSR count). The molecule has 0 unspecified atom stereocenters. The molecule has 1 aliphatic heterocycles. The number of amides is 3. The number of carbonyl (C=O) groups is 3. The average molecular weight is 437 g/mol. The fourth-order valence-corrected chi connectivity index (χ4v) is 2.84. The largest absolute Gasteiger partial charge is 0.490 e. The molecule has 0 atom stereocenters. The minimum absolute atomic E-state index is 0.0237. The molecule has 1 N–H and O–H groups in total. The number of hydrogen-bond donors (Lipinski definition) is 1. The van der Waals surface area contributed by atoms with Crippen LogP contribution in [0.3, 0.4) is 0 Å². The van der Waals surface area contributed by atoms with E-state index < -0.39 is 24.5 Å². The molecule has 1 heterocycles. The van der Waals surface area contributed by atoms with Crippen LogP contribution in [0.25, 0.3) is 6.08 Å². The molecule has 27 heavy (non-hydrogen) atoms. The van der Waals surface area contributed by atoms with Crippen LogP contribution in [0.2, 0.25) is 0 Å². The predicted octanol–water partition coefficient (Wildman–Crippen LogP) is 1.93. The van der Waals surface area contributed by atoms with Gasteiger partial charge in [0, 0.05) is 0 Å². The van der Waals surface area contributed by atoms with Gasteiger partial charge in [0.15, 0.2) is 11.5 Å². The van der Waals surface area contributed by atoms with Crippen molar-refractivity contribution in [3.05, 3.63) is 27.9 Å². The summed E-state index contributed by atoms with van der Waals surface area (Å²) in [5.41, 5.74) is 0.595. The quantitative estimate of drug-likeness (QED) is 0.303. The summed E-state index contributed by atoms with van der Waals surface area (Å²) in [6.07, 6.45) is 6.69. The van der Waals surface area contributed by atoms with Gasteiger partial charge in [-0.1, -0.05) is 5.92 Å². The third-order valence-corrected chi connectivity index (χ3v) is 4.01. The Kier molecular flexibility index (Phi) is 6.85. The Balaban J connectivity index is 2.33. The molecular formula is C18H17BrN2O6. The second-order valence-electron chi connectivity index (χ2n) is 5.21. The fourth-order valence-electron chi connectivity index (χ4n) is 2.26. The van der Waals surface area contributed by atoms with Crippen molar-refractivity contribution in [2.75, 3.05) is 26.9 Å². The molecule has 0 radical (unpaired) electrons. The maximum absolute atomic E-state index is 12.4. The van der Waals surface area contributed by atoms with Crippen LogP contribution in [0, 0.1) is 12.3 Å². The maximum Gasteiger partial charge on any atom is 0.329 e. The average Bonchev–Trinajstić information content (AvgIpc) is 2.88. The highest BCUT2D eigenvalue weighted by Gasteiger charge is 2.35. The Labute approximate surface area is 164 Å². The lowest BCUT2D eigenvalue weighted by Gasteiger charge is -2.13. The van der Waals surface area contributed by atoms with E-state index in [0.717, 1.165) is 4.90 Å². The summed E-state index contributed by atoms with van der Waals surface area (Å²) in [6.45, 7) is 1.80. The van der Waals surface area contributed by atoms with Crippen LogP contribution in [-0.2, 0) is 14.3 Å². The zero-order valence-electron chi connectivity index (χ0n) is 14.7. The number of nitrogens with one attached hydrogen (secondary N) is 1. The summed E-state index contributed by atoms with van der Waals surface area (Å²) >= 11 is 3.38. The zero-order chi connectivity index (χ0) is 20.0. The minimum Gasteiger partial charge on any atom is -0.490 e. The van der Waals surface area contributed by atoms with E-state index in [1.807, 2.05) is 6.92 Å². The molecule has 0 saturated carbocycles. The predicted molar refractivity (Wildman–Crippen MR) is 99.9 cm³/mol. The Hall–Kier alpha value is -2.99. The Morgan fingerprint density at radius 2 is 2.11 bits per heavy atom. The topological polar surface area (TPSA) is 94.2 Å². The van der Waals surface area contributed by atoms with E-state index in [-0.39, 0.29) is 12.3 Å².